The quantitative estimate of drug-likeness (QED) is 0.883. The average Bonchev–Trinajstić information content (AvgIpc) is 2.68. The van der Waals surface area contributed by atoms with Crippen LogP contribution in [0.25, 0.3) is 0 Å². The van der Waals surface area contributed by atoms with Gasteiger partial charge in [-0.3, -0.25) is 15.0 Å². The third kappa shape index (κ3) is 3.81. The molecule has 1 fully saturated rings. The number of benzene rings is 1. The molecule has 1 saturated heterocycles. The molecular formula is C15H21N3O2. The number of urea groups is 1. The molecule has 0 saturated carbocycles. The SMILES string of the molecule is NC(=O)NC(=O)C(c1ccccc1)N1CCCCCC1. The van der Waals surface area contributed by atoms with E-state index in [1.807, 2.05) is 30.3 Å². The van der Waals surface area contributed by atoms with Crippen molar-refractivity contribution in [3.8, 4) is 0 Å². The van der Waals surface area contributed by atoms with E-state index in [0.29, 0.717) is 0 Å². The van der Waals surface area contributed by atoms with Crippen LogP contribution in [0.4, 0.5) is 4.79 Å². The van der Waals surface area contributed by atoms with Crippen LogP contribution in [0, 0.1) is 0 Å². The monoisotopic (exact) mass is 275 g/mol. The highest BCUT2D eigenvalue weighted by Gasteiger charge is 2.28. The zero-order chi connectivity index (χ0) is 14.4. The van der Waals surface area contributed by atoms with Crippen LogP contribution in [0.15, 0.2) is 30.3 Å². The van der Waals surface area contributed by atoms with Crippen LogP contribution >= 0.6 is 0 Å². The maximum atomic E-state index is 12.3. The molecular weight excluding hydrogens is 254 g/mol. The third-order valence-electron chi connectivity index (χ3n) is 3.62. The minimum Gasteiger partial charge on any atom is -0.351 e. The molecule has 20 heavy (non-hydrogen) atoms. The Kier molecular flexibility index (Phi) is 5.12. The number of carbonyl (C=O) groups is 2. The number of primary amides is 1. The molecule has 2 rings (SSSR count). The van der Waals surface area contributed by atoms with Crippen LogP contribution in [-0.4, -0.2) is 29.9 Å². The van der Waals surface area contributed by atoms with Gasteiger partial charge in [-0.15, -0.1) is 0 Å². The molecule has 1 aromatic carbocycles. The Morgan fingerprint density at radius 3 is 2.20 bits per heavy atom. The van der Waals surface area contributed by atoms with Gasteiger partial charge in [-0.1, -0.05) is 43.2 Å². The number of hydrogen-bond donors (Lipinski definition) is 2. The molecule has 3 N–H and O–H groups in total. The maximum Gasteiger partial charge on any atom is 0.318 e. The fourth-order valence-electron chi connectivity index (χ4n) is 2.71. The number of carbonyl (C=O) groups excluding carboxylic acids is 2. The lowest BCUT2D eigenvalue weighted by Gasteiger charge is -2.29. The Hall–Kier alpha value is -1.88. The van der Waals surface area contributed by atoms with Crippen molar-refractivity contribution in [2.24, 2.45) is 5.73 Å². The Labute approximate surface area is 119 Å². The molecule has 108 valence electrons. The van der Waals surface area contributed by atoms with Gasteiger partial charge in [0.1, 0.15) is 6.04 Å². The van der Waals surface area contributed by atoms with Crippen molar-refractivity contribution in [3.05, 3.63) is 35.9 Å². The summed E-state index contributed by atoms with van der Waals surface area (Å²) in [5, 5.41) is 2.22. The first-order chi connectivity index (χ1) is 9.68. The third-order valence-corrected chi connectivity index (χ3v) is 3.62. The minimum atomic E-state index is -0.800. The molecule has 5 heteroatoms. The fraction of sp³-hybridized carbons (Fsp3) is 0.467. The fourth-order valence-corrected chi connectivity index (χ4v) is 2.71. The molecule has 0 aliphatic carbocycles. The molecule has 0 spiro atoms. The van der Waals surface area contributed by atoms with E-state index in [-0.39, 0.29) is 5.91 Å². The van der Waals surface area contributed by atoms with Crippen molar-refractivity contribution in [3.63, 3.8) is 0 Å². The topological polar surface area (TPSA) is 75.4 Å². The van der Waals surface area contributed by atoms with Crippen LogP contribution in [0.2, 0.25) is 0 Å². The van der Waals surface area contributed by atoms with E-state index in [2.05, 4.69) is 10.2 Å². The summed E-state index contributed by atoms with van der Waals surface area (Å²) >= 11 is 0. The highest BCUT2D eigenvalue weighted by molar-refractivity contribution is 5.96. The van der Waals surface area contributed by atoms with Crippen molar-refractivity contribution in [1.82, 2.24) is 10.2 Å². The van der Waals surface area contributed by atoms with Crippen LogP contribution in [0.1, 0.15) is 37.3 Å². The first kappa shape index (κ1) is 14.5. The molecule has 1 atom stereocenters. The second kappa shape index (κ2) is 7.05. The van der Waals surface area contributed by atoms with Gasteiger partial charge in [-0.2, -0.15) is 0 Å². The Balaban J connectivity index is 2.23. The van der Waals surface area contributed by atoms with Crippen LogP contribution in [0.5, 0.6) is 0 Å². The molecule has 0 radical (unpaired) electrons. The lowest BCUT2D eigenvalue weighted by Crippen LogP contribution is -2.45. The van der Waals surface area contributed by atoms with Gasteiger partial charge in [-0.25, -0.2) is 4.79 Å². The number of likely N-dealkylation sites (tertiary alicyclic amines) is 1. The van der Waals surface area contributed by atoms with Crippen molar-refractivity contribution < 1.29 is 9.59 Å². The number of amides is 3. The molecule has 1 aliphatic heterocycles. The summed E-state index contributed by atoms with van der Waals surface area (Å²) in [7, 11) is 0. The molecule has 0 aromatic heterocycles. The van der Waals surface area contributed by atoms with E-state index < -0.39 is 12.1 Å². The van der Waals surface area contributed by atoms with Gasteiger partial charge in [0, 0.05) is 0 Å². The highest BCUT2D eigenvalue weighted by atomic mass is 16.2. The molecule has 5 nitrogen and oxygen atoms in total. The van der Waals surface area contributed by atoms with Crippen molar-refractivity contribution in [2.75, 3.05) is 13.1 Å². The summed E-state index contributed by atoms with van der Waals surface area (Å²) in [6.07, 6.45) is 4.53. The van der Waals surface area contributed by atoms with Crippen LogP contribution < -0.4 is 11.1 Å². The second-order valence-corrected chi connectivity index (χ2v) is 5.12. The summed E-state index contributed by atoms with van der Waals surface area (Å²) in [5.41, 5.74) is 5.98. The highest BCUT2D eigenvalue weighted by Crippen LogP contribution is 2.24. The lowest BCUT2D eigenvalue weighted by atomic mass is 10.0. The van der Waals surface area contributed by atoms with E-state index in [1.165, 1.54) is 12.8 Å². The average molecular weight is 275 g/mol. The smallest absolute Gasteiger partial charge is 0.318 e. The van der Waals surface area contributed by atoms with Crippen molar-refractivity contribution >= 4 is 11.9 Å². The Bertz CT molecular complexity index is 453. The van der Waals surface area contributed by atoms with E-state index in [1.54, 1.807) is 0 Å². The van der Waals surface area contributed by atoms with Gasteiger partial charge in [-0.05, 0) is 31.5 Å². The number of hydrogen-bond acceptors (Lipinski definition) is 3. The van der Waals surface area contributed by atoms with E-state index in [4.69, 9.17) is 5.73 Å². The van der Waals surface area contributed by atoms with Gasteiger partial charge in [0.05, 0.1) is 0 Å². The largest absolute Gasteiger partial charge is 0.351 e. The van der Waals surface area contributed by atoms with Gasteiger partial charge >= 0.3 is 6.03 Å². The van der Waals surface area contributed by atoms with E-state index in [0.717, 1.165) is 31.5 Å². The number of imide groups is 1. The Morgan fingerprint density at radius 2 is 1.65 bits per heavy atom. The molecule has 1 heterocycles. The first-order valence-corrected chi connectivity index (χ1v) is 7.08. The van der Waals surface area contributed by atoms with Gasteiger partial charge < -0.3 is 5.73 Å². The zero-order valence-electron chi connectivity index (χ0n) is 11.5. The van der Waals surface area contributed by atoms with E-state index >= 15 is 0 Å². The van der Waals surface area contributed by atoms with Gasteiger partial charge in [0.25, 0.3) is 0 Å². The summed E-state index contributed by atoms with van der Waals surface area (Å²) in [6, 6.07) is 8.30. The molecule has 3 amide bonds. The standard InChI is InChI=1S/C15H21N3O2/c16-15(20)17-14(19)13(12-8-4-3-5-9-12)18-10-6-1-2-7-11-18/h3-5,8-9,13H,1-2,6-7,10-11H2,(H3,16,17,19,20). The zero-order valence-corrected chi connectivity index (χ0v) is 11.5. The number of nitrogens with zero attached hydrogens (tertiary/aromatic N) is 1. The summed E-state index contributed by atoms with van der Waals surface area (Å²) < 4.78 is 0. The molecule has 1 unspecified atom stereocenters. The lowest BCUT2D eigenvalue weighted by molar-refractivity contribution is -0.125. The molecule has 1 aliphatic rings. The van der Waals surface area contributed by atoms with E-state index in [9.17, 15) is 9.59 Å². The molecule has 1 aromatic rings. The maximum absolute atomic E-state index is 12.3. The number of nitrogens with one attached hydrogen (secondary N) is 1. The summed E-state index contributed by atoms with van der Waals surface area (Å²) in [5.74, 6) is -0.342. The predicted octanol–water partition coefficient (Wildman–Crippen LogP) is 1.80. The molecule has 0 bridgehead atoms. The van der Waals surface area contributed by atoms with Crippen LogP contribution in [-0.2, 0) is 4.79 Å². The van der Waals surface area contributed by atoms with Gasteiger partial charge in [0.2, 0.25) is 5.91 Å². The summed E-state index contributed by atoms with van der Waals surface area (Å²) in [6.45, 7) is 1.73. The van der Waals surface area contributed by atoms with Gasteiger partial charge in [0.15, 0.2) is 0 Å². The predicted molar refractivity (Wildman–Crippen MR) is 77.0 cm³/mol. The number of rotatable bonds is 3. The van der Waals surface area contributed by atoms with Crippen molar-refractivity contribution in [1.29, 1.82) is 0 Å². The van der Waals surface area contributed by atoms with Crippen LogP contribution in [0.3, 0.4) is 0 Å². The normalized spacial score (nSPS) is 18.0. The second-order valence-electron chi connectivity index (χ2n) is 5.12. The Morgan fingerprint density at radius 1 is 1.05 bits per heavy atom. The number of nitrogens with two attached hydrogens (primary N) is 1. The minimum absolute atomic E-state index is 0.342. The van der Waals surface area contributed by atoms with Crippen molar-refractivity contribution in [2.45, 2.75) is 31.7 Å². The summed E-state index contributed by atoms with van der Waals surface area (Å²) in [4.78, 5) is 25.4. The first-order valence-electron chi connectivity index (χ1n) is 7.08.